The second-order valence-corrected chi connectivity index (χ2v) is 7.46. The van der Waals surface area contributed by atoms with Gasteiger partial charge in [0.1, 0.15) is 6.61 Å². The molecule has 26 heavy (non-hydrogen) atoms. The Morgan fingerprint density at radius 2 is 1.88 bits per heavy atom. The van der Waals surface area contributed by atoms with Gasteiger partial charge in [-0.25, -0.2) is 4.79 Å². The van der Waals surface area contributed by atoms with E-state index in [0.29, 0.717) is 19.7 Å². The molecule has 0 aromatic heterocycles. The van der Waals surface area contributed by atoms with Crippen LogP contribution in [0.2, 0.25) is 0 Å². The van der Waals surface area contributed by atoms with Crippen LogP contribution in [-0.2, 0) is 14.3 Å². The summed E-state index contributed by atoms with van der Waals surface area (Å²) in [5.41, 5.74) is 1.16. The number of carbonyl (C=O) groups excluding carboxylic acids is 2. The molecule has 2 aliphatic rings. The van der Waals surface area contributed by atoms with E-state index in [-0.39, 0.29) is 29.9 Å². The molecule has 1 aromatic carbocycles. The molecular formula is C20H28N2O4. The van der Waals surface area contributed by atoms with Gasteiger partial charge in [-0.2, -0.15) is 0 Å². The van der Waals surface area contributed by atoms with Gasteiger partial charge in [-0.1, -0.05) is 30.3 Å². The number of piperidine rings is 2. The van der Waals surface area contributed by atoms with Gasteiger partial charge in [0.2, 0.25) is 5.91 Å². The van der Waals surface area contributed by atoms with Crippen molar-refractivity contribution in [3.8, 4) is 0 Å². The molecule has 2 amide bonds. The van der Waals surface area contributed by atoms with Gasteiger partial charge < -0.3 is 19.3 Å². The van der Waals surface area contributed by atoms with Crippen LogP contribution in [0.4, 0.5) is 4.79 Å². The van der Waals surface area contributed by atoms with Gasteiger partial charge in [-0.15, -0.1) is 0 Å². The fraction of sp³-hybridized carbons (Fsp3) is 0.600. The van der Waals surface area contributed by atoms with E-state index in [0.717, 1.165) is 31.4 Å². The first kappa shape index (κ1) is 18.7. The van der Waals surface area contributed by atoms with Crippen molar-refractivity contribution in [2.45, 2.75) is 25.2 Å². The second kappa shape index (κ2) is 8.08. The summed E-state index contributed by atoms with van der Waals surface area (Å²) in [5.74, 6) is 0.110. The van der Waals surface area contributed by atoms with Crippen molar-refractivity contribution in [1.82, 2.24) is 9.80 Å². The summed E-state index contributed by atoms with van der Waals surface area (Å²) in [4.78, 5) is 28.5. The van der Waals surface area contributed by atoms with Gasteiger partial charge in [0.25, 0.3) is 0 Å². The lowest BCUT2D eigenvalue weighted by Gasteiger charge is -2.48. The first-order valence-electron chi connectivity index (χ1n) is 9.25. The Hall–Kier alpha value is -2.08. The molecule has 2 heterocycles. The lowest BCUT2D eigenvalue weighted by molar-refractivity contribution is -0.139. The topological polar surface area (TPSA) is 59.1 Å². The quantitative estimate of drug-likeness (QED) is 0.774. The largest absolute Gasteiger partial charge is 0.447 e. The average Bonchev–Trinajstić information content (AvgIpc) is 2.66. The summed E-state index contributed by atoms with van der Waals surface area (Å²) in [5, 5.41) is 0. The number of benzene rings is 1. The maximum absolute atomic E-state index is 12.7. The number of carbonyl (C=O) groups is 2. The number of likely N-dealkylation sites (tertiary alicyclic amines) is 2. The van der Waals surface area contributed by atoms with E-state index in [1.807, 2.05) is 42.3 Å². The number of hydrogen-bond donors (Lipinski definition) is 0. The molecule has 1 atom stereocenters. The van der Waals surface area contributed by atoms with E-state index in [9.17, 15) is 9.59 Å². The Balaban J connectivity index is 1.64. The second-order valence-electron chi connectivity index (χ2n) is 7.46. The normalized spacial score (nSPS) is 22.5. The van der Waals surface area contributed by atoms with Crippen molar-refractivity contribution in [2.24, 2.45) is 5.41 Å². The number of nitrogens with zero attached hydrogens (tertiary/aromatic N) is 2. The minimum absolute atomic E-state index is 0.0759. The summed E-state index contributed by atoms with van der Waals surface area (Å²) >= 11 is 0. The molecule has 6 nitrogen and oxygen atoms in total. The van der Waals surface area contributed by atoms with E-state index < -0.39 is 0 Å². The molecule has 0 saturated carbocycles. The Kier molecular flexibility index (Phi) is 5.81. The van der Waals surface area contributed by atoms with Crippen LogP contribution in [0.1, 0.15) is 30.7 Å². The first-order chi connectivity index (χ1) is 12.5. The van der Waals surface area contributed by atoms with Gasteiger partial charge in [-0.05, 0) is 30.2 Å². The molecule has 3 rings (SSSR count). The fourth-order valence-corrected chi connectivity index (χ4v) is 4.21. The molecule has 2 fully saturated rings. The SMILES string of the molecule is COCCOC(=O)N1CCC2(CC1)C[C@@H](c1ccccc1)C(=O)N(C)C2. The summed E-state index contributed by atoms with van der Waals surface area (Å²) < 4.78 is 10.1. The third-order valence-electron chi connectivity index (χ3n) is 5.68. The monoisotopic (exact) mass is 360 g/mol. The van der Waals surface area contributed by atoms with Crippen LogP contribution in [-0.4, -0.2) is 68.8 Å². The molecule has 0 bridgehead atoms. The summed E-state index contributed by atoms with van der Waals surface area (Å²) in [6.45, 7) is 2.81. The van der Waals surface area contributed by atoms with E-state index in [4.69, 9.17) is 9.47 Å². The van der Waals surface area contributed by atoms with Crippen molar-refractivity contribution in [3.63, 3.8) is 0 Å². The van der Waals surface area contributed by atoms with Crippen LogP contribution in [0.25, 0.3) is 0 Å². The highest BCUT2D eigenvalue weighted by molar-refractivity contribution is 5.84. The Morgan fingerprint density at radius 3 is 2.54 bits per heavy atom. The van der Waals surface area contributed by atoms with Crippen LogP contribution >= 0.6 is 0 Å². The van der Waals surface area contributed by atoms with Crippen LogP contribution < -0.4 is 0 Å². The standard InChI is InChI=1S/C20H28N2O4/c1-21-15-20(14-17(18(21)23)16-6-4-3-5-7-16)8-10-22(11-9-20)19(24)26-13-12-25-2/h3-7,17H,8-15H2,1-2H3/t17-/m0/s1. The molecule has 2 saturated heterocycles. The predicted octanol–water partition coefficient (Wildman–Crippen LogP) is 2.50. The van der Waals surface area contributed by atoms with Gasteiger partial charge in [0.05, 0.1) is 12.5 Å². The van der Waals surface area contributed by atoms with Crippen LogP contribution in [0.5, 0.6) is 0 Å². The predicted molar refractivity (Wildman–Crippen MR) is 97.9 cm³/mol. The zero-order valence-electron chi connectivity index (χ0n) is 15.6. The third-order valence-corrected chi connectivity index (χ3v) is 5.68. The number of methoxy groups -OCH3 is 1. The summed E-state index contributed by atoms with van der Waals surface area (Å²) in [6, 6.07) is 10.0. The highest BCUT2D eigenvalue weighted by Crippen LogP contribution is 2.45. The smallest absolute Gasteiger partial charge is 0.409 e. The van der Waals surface area contributed by atoms with Crippen molar-refractivity contribution in [2.75, 3.05) is 47.0 Å². The van der Waals surface area contributed by atoms with E-state index >= 15 is 0 Å². The van der Waals surface area contributed by atoms with Crippen LogP contribution in [0.15, 0.2) is 30.3 Å². The van der Waals surface area contributed by atoms with Gasteiger partial charge >= 0.3 is 6.09 Å². The molecule has 6 heteroatoms. The van der Waals surface area contributed by atoms with Crippen LogP contribution in [0, 0.1) is 5.41 Å². The number of hydrogen-bond acceptors (Lipinski definition) is 4. The zero-order valence-corrected chi connectivity index (χ0v) is 15.6. The van der Waals surface area contributed by atoms with Crippen LogP contribution in [0.3, 0.4) is 0 Å². The average molecular weight is 360 g/mol. The molecule has 1 spiro atoms. The summed E-state index contributed by atoms with van der Waals surface area (Å²) in [7, 11) is 3.48. The summed E-state index contributed by atoms with van der Waals surface area (Å²) in [6.07, 6.45) is 2.38. The van der Waals surface area contributed by atoms with Gasteiger partial charge in [0, 0.05) is 33.8 Å². The zero-order chi connectivity index (χ0) is 18.6. The minimum atomic E-state index is -0.267. The number of rotatable bonds is 4. The Bertz CT molecular complexity index is 626. The molecule has 142 valence electrons. The fourth-order valence-electron chi connectivity index (χ4n) is 4.21. The lowest BCUT2D eigenvalue weighted by Crippen LogP contribution is -2.53. The van der Waals surface area contributed by atoms with Crippen molar-refractivity contribution in [1.29, 1.82) is 0 Å². The molecule has 0 unspecified atom stereocenters. The number of ether oxygens (including phenoxy) is 2. The highest BCUT2D eigenvalue weighted by atomic mass is 16.6. The van der Waals surface area contributed by atoms with E-state index in [1.54, 1.807) is 12.0 Å². The van der Waals surface area contributed by atoms with E-state index in [2.05, 4.69) is 0 Å². The van der Waals surface area contributed by atoms with Gasteiger partial charge in [-0.3, -0.25) is 4.79 Å². The maximum atomic E-state index is 12.7. The van der Waals surface area contributed by atoms with Crippen molar-refractivity contribution < 1.29 is 19.1 Å². The molecule has 2 aliphatic heterocycles. The maximum Gasteiger partial charge on any atom is 0.409 e. The third kappa shape index (κ3) is 4.01. The first-order valence-corrected chi connectivity index (χ1v) is 9.25. The molecule has 0 radical (unpaired) electrons. The molecular weight excluding hydrogens is 332 g/mol. The van der Waals surface area contributed by atoms with Crippen molar-refractivity contribution in [3.05, 3.63) is 35.9 Å². The lowest BCUT2D eigenvalue weighted by atomic mass is 9.68. The van der Waals surface area contributed by atoms with Crippen molar-refractivity contribution >= 4 is 12.0 Å². The molecule has 0 N–H and O–H groups in total. The number of amides is 2. The number of likely N-dealkylation sites (N-methyl/N-ethyl adjacent to an activating group) is 1. The van der Waals surface area contributed by atoms with Gasteiger partial charge in [0.15, 0.2) is 0 Å². The Morgan fingerprint density at radius 1 is 1.19 bits per heavy atom. The molecule has 0 aliphatic carbocycles. The highest BCUT2D eigenvalue weighted by Gasteiger charge is 2.45. The Labute approximate surface area is 155 Å². The minimum Gasteiger partial charge on any atom is -0.447 e. The van der Waals surface area contributed by atoms with E-state index in [1.165, 1.54) is 0 Å². The molecule has 1 aromatic rings.